The predicted molar refractivity (Wildman–Crippen MR) is 61.8 cm³/mol. The van der Waals surface area contributed by atoms with Crippen molar-refractivity contribution in [3.63, 3.8) is 0 Å². The lowest BCUT2D eigenvalue weighted by Gasteiger charge is -1.99. The van der Waals surface area contributed by atoms with Gasteiger partial charge in [0.05, 0.1) is 5.69 Å². The second kappa shape index (κ2) is 4.00. The number of benzene rings is 1. The summed E-state index contributed by atoms with van der Waals surface area (Å²) in [4.78, 5) is 4.40. The Morgan fingerprint density at radius 3 is 2.87 bits per heavy atom. The number of hydrogen-bond acceptors (Lipinski definition) is 4. The van der Waals surface area contributed by atoms with E-state index in [0.29, 0.717) is 0 Å². The highest BCUT2D eigenvalue weighted by atomic mass is 32.1. The van der Waals surface area contributed by atoms with E-state index in [9.17, 15) is 5.11 Å². The Kier molecular flexibility index (Phi) is 2.70. The van der Waals surface area contributed by atoms with Gasteiger partial charge < -0.3 is 10.8 Å². The lowest BCUT2D eigenvalue weighted by Crippen LogP contribution is -2.04. The van der Waals surface area contributed by atoms with Gasteiger partial charge in [0.1, 0.15) is 10.8 Å². The van der Waals surface area contributed by atoms with E-state index in [0.717, 1.165) is 16.3 Å². The number of rotatable bonds is 2. The molecule has 1 heterocycles. The van der Waals surface area contributed by atoms with Crippen molar-refractivity contribution in [3.05, 3.63) is 35.3 Å². The maximum Gasteiger partial charge on any atom is 0.123 e. The van der Waals surface area contributed by atoms with Crippen molar-refractivity contribution < 1.29 is 5.11 Å². The molecule has 4 heteroatoms. The maximum absolute atomic E-state index is 9.34. The number of hydrogen-bond donors (Lipinski definition) is 2. The number of phenols is 1. The molecular weight excluding hydrogens is 208 g/mol. The van der Waals surface area contributed by atoms with Crippen LogP contribution >= 0.6 is 11.3 Å². The van der Waals surface area contributed by atoms with E-state index in [1.807, 2.05) is 18.4 Å². The average molecular weight is 220 g/mol. The highest BCUT2D eigenvalue weighted by Crippen LogP contribution is 2.27. The van der Waals surface area contributed by atoms with Gasteiger partial charge in [-0.2, -0.15) is 0 Å². The molecule has 0 radical (unpaired) electrons. The van der Waals surface area contributed by atoms with Crippen LogP contribution in [0.5, 0.6) is 5.75 Å². The summed E-state index contributed by atoms with van der Waals surface area (Å²) >= 11 is 1.54. The van der Waals surface area contributed by atoms with Gasteiger partial charge in [-0.15, -0.1) is 11.3 Å². The van der Waals surface area contributed by atoms with Crippen molar-refractivity contribution in [2.75, 3.05) is 0 Å². The first kappa shape index (κ1) is 10.1. The van der Waals surface area contributed by atoms with Gasteiger partial charge in [0.15, 0.2) is 0 Å². The van der Waals surface area contributed by atoms with Crippen LogP contribution in [0.4, 0.5) is 0 Å². The van der Waals surface area contributed by atoms with Gasteiger partial charge in [0, 0.05) is 17.0 Å². The molecule has 0 aliphatic carbocycles. The number of nitrogens with zero attached hydrogens (tertiary/aromatic N) is 1. The summed E-state index contributed by atoms with van der Waals surface area (Å²) in [5, 5.41) is 12.2. The average Bonchev–Trinajstić information content (AvgIpc) is 2.66. The summed E-state index contributed by atoms with van der Waals surface area (Å²) in [6.07, 6.45) is 0. The summed E-state index contributed by atoms with van der Waals surface area (Å²) in [6, 6.07) is 7.02. The molecule has 3 nitrogen and oxygen atoms in total. The monoisotopic (exact) mass is 220 g/mol. The first-order valence-corrected chi connectivity index (χ1v) is 5.55. The SMILES string of the molecule is CC(N)c1csc(-c2cccc(O)c2)n1. The fraction of sp³-hybridized carbons (Fsp3) is 0.182. The largest absolute Gasteiger partial charge is 0.508 e. The van der Waals surface area contributed by atoms with Crippen molar-refractivity contribution in [2.45, 2.75) is 13.0 Å². The van der Waals surface area contributed by atoms with E-state index in [2.05, 4.69) is 4.98 Å². The van der Waals surface area contributed by atoms with Crippen LogP contribution in [-0.4, -0.2) is 10.1 Å². The third-order valence-electron chi connectivity index (χ3n) is 2.08. The van der Waals surface area contributed by atoms with E-state index in [-0.39, 0.29) is 11.8 Å². The van der Waals surface area contributed by atoms with Crippen molar-refractivity contribution >= 4 is 11.3 Å². The van der Waals surface area contributed by atoms with Crippen molar-refractivity contribution in [3.8, 4) is 16.3 Å². The van der Waals surface area contributed by atoms with Crippen LogP contribution in [0.2, 0.25) is 0 Å². The second-order valence-corrected chi connectivity index (χ2v) is 4.27. The lowest BCUT2D eigenvalue weighted by atomic mass is 10.2. The fourth-order valence-corrected chi connectivity index (χ4v) is 2.19. The van der Waals surface area contributed by atoms with Crippen LogP contribution in [0, 0.1) is 0 Å². The summed E-state index contributed by atoms with van der Waals surface area (Å²) in [7, 11) is 0. The summed E-state index contributed by atoms with van der Waals surface area (Å²) in [5.41, 5.74) is 7.54. The molecule has 1 aromatic heterocycles. The standard InChI is InChI=1S/C11H12N2OS/c1-7(12)10-6-15-11(13-10)8-3-2-4-9(14)5-8/h2-7,14H,12H2,1H3. The molecule has 0 fully saturated rings. The van der Waals surface area contributed by atoms with Gasteiger partial charge >= 0.3 is 0 Å². The topological polar surface area (TPSA) is 59.1 Å². The van der Waals surface area contributed by atoms with Crippen molar-refractivity contribution in [2.24, 2.45) is 5.73 Å². The minimum atomic E-state index is -0.0488. The van der Waals surface area contributed by atoms with E-state index in [1.54, 1.807) is 18.2 Å². The highest BCUT2D eigenvalue weighted by Gasteiger charge is 2.07. The van der Waals surface area contributed by atoms with Gasteiger partial charge in [-0.1, -0.05) is 12.1 Å². The molecular formula is C11H12N2OS. The molecule has 78 valence electrons. The first-order chi connectivity index (χ1) is 7.16. The normalized spacial score (nSPS) is 12.7. The Balaban J connectivity index is 2.37. The zero-order valence-corrected chi connectivity index (χ0v) is 9.16. The summed E-state index contributed by atoms with van der Waals surface area (Å²) < 4.78 is 0. The van der Waals surface area contributed by atoms with Crippen molar-refractivity contribution in [1.29, 1.82) is 0 Å². The molecule has 15 heavy (non-hydrogen) atoms. The molecule has 1 atom stereocenters. The second-order valence-electron chi connectivity index (χ2n) is 3.42. The molecule has 0 saturated heterocycles. The number of phenolic OH excluding ortho intramolecular Hbond substituents is 1. The lowest BCUT2D eigenvalue weighted by molar-refractivity contribution is 0.475. The Hall–Kier alpha value is -1.39. The van der Waals surface area contributed by atoms with Gasteiger partial charge in [0.25, 0.3) is 0 Å². The number of nitrogens with two attached hydrogens (primary N) is 1. The molecule has 3 N–H and O–H groups in total. The molecule has 0 amide bonds. The van der Waals surface area contributed by atoms with Crippen LogP contribution in [0.1, 0.15) is 18.7 Å². The van der Waals surface area contributed by atoms with Gasteiger partial charge in [-0.25, -0.2) is 4.98 Å². The molecule has 0 bridgehead atoms. The highest BCUT2D eigenvalue weighted by molar-refractivity contribution is 7.13. The van der Waals surface area contributed by atoms with Crippen LogP contribution in [-0.2, 0) is 0 Å². The molecule has 2 aromatic rings. The molecule has 0 aliphatic heterocycles. The molecule has 0 saturated carbocycles. The molecule has 0 spiro atoms. The maximum atomic E-state index is 9.34. The summed E-state index contributed by atoms with van der Waals surface area (Å²) in [5.74, 6) is 0.255. The van der Waals surface area contributed by atoms with Crippen LogP contribution < -0.4 is 5.73 Å². The van der Waals surface area contributed by atoms with Crippen LogP contribution in [0.25, 0.3) is 10.6 Å². The Labute approximate surface area is 92.2 Å². The van der Waals surface area contributed by atoms with Crippen LogP contribution in [0.15, 0.2) is 29.6 Å². The molecule has 2 rings (SSSR count). The van der Waals surface area contributed by atoms with E-state index >= 15 is 0 Å². The third kappa shape index (κ3) is 2.16. The quantitative estimate of drug-likeness (QED) is 0.817. The van der Waals surface area contributed by atoms with Crippen molar-refractivity contribution in [1.82, 2.24) is 4.98 Å². The smallest absolute Gasteiger partial charge is 0.123 e. The minimum Gasteiger partial charge on any atom is -0.508 e. The Morgan fingerprint density at radius 1 is 1.47 bits per heavy atom. The van der Waals surface area contributed by atoms with Gasteiger partial charge in [0.2, 0.25) is 0 Å². The third-order valence-corrected chi connectivity index (χ3v) is 2.99. The zero-order valence-electron chi connectivity index (χ0n) is 8.34. The van der Waals surface area contributed by atoms with E-state index in [4.69, 9.17) is 5.73 Å². The minimum absolute atomic E-state index is 0.0488. The molecule has 1 unspecified atom stereocenters. The predicted octanol–water partition coefficient (Wildman–Crippen LogP) is 2.54. The van der Waals surface area contributed by atoms with E-state index < -0.39 is 0 Å². The Morgan fingerprint density at radius 2 is 2.27 bits per heavy atom. The first-order valence-electron chi connectivity index (χ1n) is 4.67. The number of aromatic hydroxyl groups is 1. The molecule has 0 aliphatic rings. The number of thiazole rings is 1. The van der Waals surface area contributed by atoms with E-state index in [1.165, 1.54) is 11.3 Å². The Bertz CT molecular complexity index is 465. The van der Waals surface area contributed by atoms with Gasteiger partial charge in [-0.05, 0) is 19.1 Å². The fourth-order valence-electron chi connectivity index (χ4n) is 1.27. The van der Waals surface area contributed by atoms with Gasteiger partial charge in [-0.3, -0.25) is 0 Å². The zero-order chi connectivity index (χ0) is 10.8. The number of aromatic nitrogens is 1. The van der Waals surface area contributed by atoms with Crippen LogP contribution in [0.3, 0.4) is 0 Å². The summed E-state index contributed by atoms with van der Waals surface area (Å²) in [6.45, 7) is 1.90. The molecule has 1 aromatic carbocycles.